The van der Waals surface area contributed by atoms with Crippen LogP contribution in [0.4, 0.5) is 5.13 Å². The van der Waals surface area contributed by atoms with Crippen molar-refractivity contribution in [1.29, 1.82) is 5.41 Å². The Labute approximate surface area is 332 Å². The van der Waals surface area contributed by atoms with Gasteiger partial charge < -0.3 is 47.2 Å². The first-order chi connectivity index (χ1) is 26.6. The van der Waals surface area contributed by atoms with Crippen molar-refractivity contribution in [2.45, 2.75) is 71.8 Å². The highest BCUT2D eigenvalue weighted by atomic mass is 32.1. The minimum atomic E-state index is -0.886. The highest BCUT2D eigenvalue weighted by Crippen LogP contribution is 3.02. The lowest BCUT2D eigenvalue weighted by atomic mass is 9.03. The van der Waals surface area contributed by atoms with Gasteiger partial charge in [0.25, 0.3) is 5.95 Å². The molecule has 2 atom stereocenters. The Bertz CT molecular complexity index is 2130. The second kappa shape index (κ2) is 13.6. The zero-order valence-electron chi connectivity index (χ0n) is 33.2. The van der Waals surface area contributed by atoms with E-state index in [1.807, 2.05) is 44.2 Å². The zero-order chi connectivity index (χ0) is 39.8. The van der Waals surface area contributed by atoms with Gasteiger partial charge in [-0.1, -0.05) is 37.3 Å². The number of likely N-dealkylation sites (tertiary alicyclic amines) is 1. The van der Waals surface area contributed by atoms with Crippen molar-refractivity contribution in [3.63, 3.8) is 0 Å². The second-order valence-corrected chi connectivity index (χ2v) is 18.6. The predicted molar refractivity (Wildman–Crippen MR) is 224 cm³/mol. The van der Waals surface area contributed by atoms with Gasteiger partial charge in [-0.2, -0.15) is 0 Å². The van der Waals surface area contributed by atoms with Crippen molar-refractivity contribution in [1.82, 2.24) is 25.4 Å². The number of para-hydroxylation sites is 1. The number of dihydropyridines is 1. The topological polar surface area (TPSA) is 205 Å². The van der Waals surface area contributed by atoms with Gasteiger partial charge in [-0.15, -0.1) is 0 Å². The molecule has 4 aliphatic carbocycles. The minimum absolute atomic E-state index is 0.00719. The number of nitrogens with two attached hydrogens (primary N) is 2. The molecule has 10 N–H and O–H groups in total. The van der Waals surface area contributed by atoms with E-state index in [2.05, 4.69) is 46.4 Å². The summed E-state index contributed by atoms with van der Waals surface area (Å²) < 4.78 is 1.03. The average molecular weight is 781 g/mol. The normalized spacial score (nSPS) is 34.9. The van der Waals surface area contributed by atoms with Crippen molar-refractivity contribution >= 4 is 44.1 Å². The van der Waals surface area contributed by atoms with E-state index in [1.165, 1.54) is 30.6 Å². The molecule has 298 valence electrons. The molecule has 2 unspecified atom stereocenters. The van der Waals surface area contributed by atoms with E-state index in [4.69, 9.17) is 21.9 Å². The van der Waals surface area contributed by atoms with Crippen LogP contribution in [-0.4, -0.2) is 99.4 Å². The zero-order valence-corrected chi connectivity index (χ0v) is 34.0. The van der Waals surface area contributed by atoms with Crippen molar-refractivity contribution in [2.75, 3.05) is 46.3 Å². The van der Waals surface area contributed by atoms with Crippen LogP contribution in [0.15, 0.2) is 92.4 Å². The molecule has 14 heteroatoms. The number of piperidine rings is 1. The quantitative estimate of drug-likeness (QED) is 0.101. The smallest absolute Gasteiger partial charge is 0.299 e. The summed E-state index contributed by atoms with van der Waals surface area (Å²) in [7, 11) is 2.15. The first-order valence-corrected chi connectivity index (χ1v) is 20.6. The lowest BCUT2D eigenvalue weighted by molar-refractivity contribution is -0.560. The molecule has 4 heterocycles. The first-order valence-electron chi connectivity index (χ1n) is 19.7. The van der Waals surface area contributed by atoms with E-state index >= 15 is 0 Å². The Morgan fingerprint density at radius 3 is 2.34 bits per heavy atom. The maximum absolute atomic E-state index is 11.4. The standard InChI is InChI=1S/C37H44N8O3S.C5H12N2/c1-20(29(39)44-32-42-25-9-5-6-10-26(25)49-32)22-8-7-13-45(30(22)40)27-12-11-23(28(43-27)31(46)47)24(14-38)21(2)41-19-35-15-33(3)17-36(48)18-34(4,16-35)37(33,35)36;1-7-4-2-6-3-5-7/h5-6,9-12,14,40,43,46-48H,7-8,13,15-19,38H2,1-4H3,(H2,39,42,44);6H,2-5H2,1H3/b22-20-,24-14+,40-30?,41-21?;. The molecule has 9 rings (SSSR count). The number of allylic oxidation sites excluding steroid dienone is 3. The summed E-state index contributed by atoms with van der Waals surface area (Å²) in [6, 6.07) is 7.83. The Hall–Kier alpha value is -4.50. The SMILES string of the molecule is CC(=NCC12CC3(C)CC4(O)CC(C)(C1)C342)/C(=C\N)C1=CC=C(N2CCC/C(=C(C)/C(N)=N\c3nc4ccccc4s3)C2=N)NC1=C(O)O.CN1CCNCC1. The molecule has 2 aromatic rings. The molecule has 1 aromatic carbocycles. The number of aliphatic imine (C=N–C) groups is 2. The van der Waals surface area contributed by atoms with Gasteiger partial charge in [-0.3, -0.25) is 10.4 Å². The summed E-state index contributed by atoms with van der Waals surface area (Å²) in [5.41, 5.74) is 16.6. The Morgan fingerprint density at radius 2 is 1.75 bits per heavy atom. The number of likely N-dealkylation sites (N-methyl/N-ethyl adjacent to an activating group) is 1. The number of thiazole rings is 1. The first kappa shape index (κ1) is 38.4. The van der Waals surface area contributed by atoms with Gasteiger partial charge >= 0.3 is 0 Å². The van der Waals surface area contributed by atoms with E-state index in [-0.39, 0.29) is 33.2 Å². The molecule has 7 aliphatic rings. The number of piperazine rings is 1. The van der Waals surface area contributed by atoms with Crippen LogP contribution in [0.3, 0.4) is 0 Å². The fourth-order valence-electron chi connectivity index (χ4n) is 12.8. The highest BCUT2D eigenvalue weighted by Gasteiger charge is 3.01. The highest BCUT2D eigenvalue weighted by molar-refractivity contribution is 7.22. The van der Waals surface area contributed by atoms with Gasteiger partial charge in [0, 0.05) is 78.7 Å². The molecular weight excluding hydrogens is 725 g/mol. The van der Waals surface area contributed by atoms with Crippen LogP contribution in [-0.2, 0) is 0 Å². The van der Waals surface area contributed by atoms with E-state index < -0.39 is 11.5 Å². The molecule has 3 aliphatic heterocycles. The predicted octanol–water partition coefficient (Wildman–Crippen LogP) is 5.49. The maximum Gasteiger partial charge on any atom is 0.299 e. The Balaban J connectivity index is 0.000000570. The molecular formula is C42H56N10O3S. The largest absolute Gasteiger partial charge is 0.480 e. The van der Waals surface area contributed by atoms with Crippen LogP contribution in [0.5, 0.6) is 0 Å². The van der Waals surface area contributed by atoms with Crippen molar-refractivity contribution in [3.05, 3.63) is 82.4 Å². The summed E-state index contributed by atoms with van der Waals surface area (Å²) in [5.74, 6) is 0.210. The number of nitrogens with one attached hydrogen (secondary N) is 3. The van der Waals surface area contributed by atoms with Crippen LogP contribution in [0.2, 0.25) is 0 Å². The molecule has 13 nitrogen and oxygen atoms in total. The lowest BCUT2D eigenvalue weighted by Gasteiger charge is -3.01. The van der Waals surface area contributed by atoms with E-state index in [1.54, 1.807) is 11.0 Å². The second-order valence-electron chi connectivity index (χ2n) is 17.6. The number of nitrogens with zero attached hydrogens (tertiary/aromatic N) is 5. The van der Waals surface area contributed by atoms with Crippen molar-refractivity contribution in [3.8, 4) is 0 Å². The number of amidine groups is 2. The van der Waals surface area contributed by atoms with Crippen molar-refractivity contribution in [2.24, 2.45) is 43.1 Å². The van der Waals surface area contributed by atoms with Crippen LogP contribution in [0.1, 0.15) is 66.2 Å². The Morgan fingerprint density at radius 1 is 1.05 bits per heavy atom. The van der Waals surface area contributed by atoms with Crippen LogP contribution in [0.25, 0.3) is 10.2 Å². The van der Waals surface area contributed by atoms with E-state index in [0.717, 1.165) is 61.0 Å². The monoisotopic (exact) mass is 780 g/mol. The third kappa shape index (κ3) is 5.50. The fraction of sp³-hybridized carbons (Fsp3) is 0.524. The molecule has 1 spiro atoms. The maximum atomic E-state index is 11.4. The molecule has 0 radical (unpaired) electrons. The van der Waals surface area contributed by atoms with Gasteiger partial charge in [-0.25, -0.2) is 9.98 Å². The van der Waals surface area contributed by atoms with Crippen LogP contribution in [0, 0.1) is 27.1 Å². The van der Waals surface area contributed by atoms with Gasteiger partial charge in [0.1, 0.15) is 23.2 Å². The fourth-order valence-corrected chi connectivity index (χ4v) is 13.6. The van der Waals surface area contributed by atoms with E-state index in [0.29, 0.717) is 58.7 Å². The van der Waals surface area contributed by atoms with Gasteiger partial charge in [-0.05, 0) is 100 Å². The third-order valence-corrected chi connectivity index (χ3v) is 15.0. The van der Waals surface area contributed by atoms with Crippen molar-refractivity contribution < 1.29 is 15.3 Å². The lowest BCUT2D eigenvalue weighted by Crippen LogP contribution is -3.01. The van der Waals surface area contributed by atoms with Crippen LogP contribution < -0.4 is 22.1 Å². The molecule has 0 amide bonds. The van der Waals surface area contributed by atoms with Crippen LogP contribution >= 0.6 is 11.3 Å². The molecule has 6 fully saturated rings. The van der Waals surface area contributed by atoms with Gasteiger partial charge in [0.15, 0.2) is 0 Å². The minimum Gasteiger partial charge on any atom is -0.480 e. The third-order valence-electron chi connectivity index (χ3n) is 14.1. The number of aliphatic hydroxyl groups is 3. The summed E-state index contributed by atoms with van der Waals surface area (Å²) in [5, 5.41) is 48.4. The number of benzene rings is 1. The Kier molecular flexibility index (Phi) is 9.30. The molecule has 2 saturated heterocycles. The summed E-state index contributed by atoms with van der Waals surface area (Å²) in [6.45, 7) is 14.3. The number of aromatic nitrogens is 1. The summed E-state index contributed by atoms with van der Waals surface area (Å²) in [6.07, 6.45) is 10.4. The number of aliphatic hydroxyl groups excluding tert-OH is 1. The molecule has 4 saturated carbocycles. The number of hydrogen-bond acceptors (Lipinski definition) is 12. The number of hydrogen-bond donors (Lipinski definition) is 8. The molecule has 0 bridgehead atoms. The summed E-state index contributed by atoms with van der Waals surface area (Å²) >= 11 is 1.46. The molecule has 1 aromatic heterocycles. The van der Waals surface area contributed by atoms with Gasteiger partial charge in [0.2, 0.25) is 5.13 Å². The molecule has 56 heavy (non-hydrogen) atoms. The van der Waals surface area contributed by atoms with E-state index in [9.17, 15) is 15.3 Å². The number of rotatable bonds is 7. The average Bonchev–Trinajstić information content (AvgIpc) is 3.55. The number of fused-ring (bicyclic) bond motifs is 1. The van der Waals surface area contributed by atoms with Gasteiger partial charge in [0.05, 0.1) is 15.8 Å². The summed E-state index contributed by atoms with van der Waals surface area (Å²) in [4.78, 5) is 18.3.